The number of amides is 1. The number of rotatable bonds is 4. The van der Waals surface area contributed by atoms with Gasteiger partial charge < -0.3 is 9.72 Å². The van der Waals surface area contributed by atoms with Gasteiger partial charge in [-0.2, -0.15) is 0 Å². The highest BCUT2D eigenvalue weighted by Gasteiger charge is 2.44. The minimum absolute atomic E-state index is 0.0859. The molecule has 196 valence electrons. The van der Waals surface area contributed by atoms with Crippen molar-refractivity contribution in [3.8, 4) is 0 Å². The second-order valence-electron chi connectivity index (χ2n) is 11.9. The van der Waals surface area contributed by atoms with Gasteiger partial charge in [0.25, 0.3) is 0 Å². The number of H-pyrrole nitrogens is 1. The molecule has 1 aliphatic heterocycles. The lowest BCUT2D eigenvalue weighted by atomic mass is 9.64. The van der Waals surface area contributed by atoms with Crippen LogP contribution in [0, 0.1) is 11.8 Å². The molecule has 1 amide bonds. The average molecular weight is 507 g/mol. The maximum Gasteiger partial charge on any atom is 0.410 e. The summed E-state index contributed by atoms with van der Waals surface area (Å²) >= 11 is 0. The zero-order valence-electron chi connectivity index (χ0n) is 22.7. The summed E-state index contributed by atoms with van der Waals surface area (Å²) < 4.78 is 6.54. The molecule has 1 saturated carbocycles. The van der Waals surface area contributed by atoms with Crippen molar-refractivity contribution in [3.63, 3.8) is 0 Å². The molecule has 1 N–H and O–H groups in total. The normalized spacial score (nSPS) is 23.7. The molecule has 1 fully saturated rings. The minimum atomic E-state index is -0.198. The van der Waals surface area contributed by atoms with E-state index in [0.717, 1.165) is 36.0 Å². The maximum absolute atomic E-state index is 14.1. The van der Waals surface area contributed by atoms with Crippen LogP contribution in [-0.4, -0.2) is 28.6 Å². The molecule has 4 heteroatoms. The molecule has 0 radical (unpaired) electrons. The number of nitrogens with zero attached hydrogens (tertiary/aromatic N) is 1. The number of fused-ring (bicyclic) bond motifs is 3. The third kappa shape index (κ3) is 4.40. The van der Waals surface area contributed by atoms with E-state index in [-0.39, 0.29) is 29.6 Å². The van der Waals surface area contributed by atoms with Crippen LogP contribution in [-0.2, 0) is 16.6 Å². The summed E-state index contributed by atoms with van der Waals surface area (Å²) in [5.41, 5.74) is 5.88. The van der Waals surface area contributed by atoms with Crippen molar-refractivity contribution in [2.75, 3.05) is 6.54 Å². The molecule has 3 aromatic carbocycles. The van der Waals surface area contributed by atoms with E-state index >= 15 is 0 Å². The van der Waals surface area contributed by atoms with Crippen molar-refractivity contribution in [2.45, 2.75) is 64.0 Å². The van der Waals surface area contributed by atoms with Crippen molar-refractivity contribution in [1.82, 2.24) is 9.88 Å². The fourth-order valence-electron chi connectivity index (χ4n) is 6.98. The quantitative estimate of drug-likeness (QED) is 0.304. The summed E-state index contributed by atoms with van der Waals surface area (Å²) in [6.45, 7) is 7.56. The van der Waals surface area contributed by atoms with Crippen LogP contribution in [0.2, 0.25) is 0 Å². The Kier molecular flexibility index (Phi) is 6.51. The van der Waals surface area contributed by atoms with Gasteiger partial charge in [0.1, 0.15) is 12.1 Å². The number of aromatic nitrogens is 1. The molecule has 4 aromatic rings. The molecular weight excluding hydrogens is 468 g/mol. The predicted molar refractivity (Wildman–Crippen MR) is 153 cm³/mol. The standard InChI is InChI=1S/C34H38N2O2/c1-23-18-19-28(34(2,3)25-14-8-5-9-15-25)30(22-23)38-33(37)36-21-20-27-26-16-10-11-17-29(26)35-31(27)32(36)24-12-6-4-7-13-24/h4-17,23,28,30,32,35H,18-22H2,1-3H3/t23?,28?,30?,32-/m1/s1. The smallest absolute Gasteiger partial charge is 0.410 e. The average Bonchev–Trinajstić information content (AvgIpc) is 3.32. The first-order valence-corrected chi connectivity index (χ1v) is 14.1. The van der Waals surface area contributed by atoms with Crippen LogP contribution < -0.4 is 0 Å². The zero-order chi connectivity index (χ0) is 26.3. The Morgan fingerprint density at radius 1 is 0.921 bits per heavy atom. The van der Waals surface area contributed by atoms with Gasteiger partial charge in [-0.3, -0.25) is 4.90 Å². The highest BCUT2D eigenvalue weighted by atomic mass is 16.6. The highest BCUT2D eigenvalue weighted by molar-refractivity contribution is 5.86. The summed E-state index contributed by atoms with van der Waals surface area (Å²) in [5.74, 6) is 0.816. The van der Waals surface area contributed by atoms with Crippen LogP contribution >= 0.6 is 0 Å². The molecule has 0 saturated heterocycles. The molecule has 0 spiro atoms. The lowest BCUT2D eigenvalue weighted by Gasteiger charge is -2.45. The van der Waals surface area contributed by atoms with Gasteiger partial charge in [-0.05, 0) is 53.4 Å². The molecule has 4 atom stereocenters. The van der Waals surface area contributed by atoms with Crippen LogP contribution in [0.3, 0.4) is 0 Å². The number of hydrogen-bond donors (Lipinski definition) is 1. The Hall–Kier alpha value is -3.53. The Labute approximate surface area is 226 Å². The molecule has 2 aliphatic rings. The van der Waals surface area contributed by atoms with Gasteiger partial charge in [0.2, 0.25) is 0 Å². The summed E-state index contributed by atoms with van der Waals surface area (Å²) in [5, 5.41) is 1.25. The van der Waals surface area contributed by atoms with Crippen molar-refractivity contribution >= 4 is 17.0 Å². The predicted octanol–water partition coefficient (Wildman–Crippen LogP) is 8.03. The van der Waals surface area contributed by atoms with E-state index in [4.69, 9.17) is 4.74 Å². The molecule has 1 aliphatic carbocycles. The summed E-state index contributed by atoms with van der Waals surface area (Å²) in [6.07, 6.45) is 3.66. The summed E-state index contributed by atoms with van der Waals surface area (Å²) in [7, 11) is 0. The minimum Gasteiger partial charge on any atom is -0.446 e. The Morgan fingerprint density at radius 3 is 2.37 bits per heavy atom. The summed E-state index contributed by atoms with van der Waals surface area (Å²) in [4.78, 5) is 19.7. The van der Waals surface area contributed by atoms with E-state index in [1.165, 1.54) is 22.9 Å². The number of carbonyl (C=O) groups is 1. The first-order chi connectivity index (χ1) is 18.4. The van der Waals surface area contributed by atoms with E-state index in [0.29, 0.717) is 12.5 Å². The second kappa shape index (κ2) is 9.98. The fourth-order valence-corrected chi connectivity index (χ4v) is 6.98. The fraction of sp³-hybridized carbons (Fsp3) is 0.382. The molecule has 4 nitrogen and oxygen atoms in total. The number of hydrogen-bond acceptors (Lipinski definition) is 2. The van der Waals surface area contributed by atoms with Gasteiger partial charge >= 0.3 is 6.09 Å². The lowest BCUT2D eigenvalue weighted by Crippen LogP contribution is -2.47. The van der Waals surface area contributed by atoms with Crippen LogP contribution in [0.5, 0.6) is 0 Å². The third-order valence-corrected chi connectivity index (χ3v) is 9.14. The molecule has 0 bridgehead atoms. The van der Waals surface area contributed by atoms with Gasteiger partial charge in [0.15, 0.2) is 0 Å². The van der Waals surface area contributed by atoms with Gasteiger partial charge in [-0.1, -0.05) is 106 Å². The number of ether oxygens (including phenoxy) is 1. The van der Waals surface area contributed by atoms with Gasteiger partial charge in [-0.25, -0.2) is 4.79 Å². The molecule has 2 heterocycles. The number of carbonyl (C=O) groups excluding carboxylic acids is 1. The third-order valence-electron chi connectivity index (χ3n) is 9.14. The van der Waals surface area contributed by atoms with Crippen LogP contribution in [0.25, 0.3) is 10.9 Å². The van der Waals surface area contributed by atoms with Gasteiger partial charge in [0.05, 0.1) is 0 Å². The number of aromatic amines is 1. The molecule has 1 aromatic heterocycles. The maximum atomic E-state index is 14.1. The molecule has 3 unspecified atom stereocenters. The number of benzene rings is 3. The van der Waals surface area contributed by atoms with E-state index < -0.39 is 0 Å². The van der Waals surface area contributed by atoms with E-state index in [1.807, 2.05) is 11.0 Å². The van der Waals surface area contributed by atoms with Gasteiger partial charge in [-0.15, -0.1) is 0 Å². The van der Waals surface area contributed by atoms with E-state index in [9.17, 15) is 4.79 Å². The lowest BCUT2D eigenvalue weighted by molar-refractivity contribution is -0.0221. The first kappa shape index (κ1) is 24.8. The monoisotopic (exact) mass is 506 g/mol. The number of nitrogens with one attached hydrogen (secondary N) is 1. The van der Waals surface area contributed by atoms with Crippen LogP contribution in [0.1, 0.15) is 68.5 Å². The highest BCUT2D eigenvalue weighted by Crippen LogP contribution is 2.45. The Balaban J connectivity index is 1.33. The molecule has 6 rings (SSSR count). The topological polar surface area (TPSA) is 45.3 Å². The SMILES string of the molecule is CC1CCC(C(C)(C)c2ccccc2)C(OC(=O)N2CCc3c([nH]c4ccccc34)[C@H]2c2ccccc2)C1. The van der Waals surface area contributed by atoms with Crippen LogP contribution in [0.4, 0.5) is 4.79 Å². The van der Waals surface area contributed by atoms with Gasteiger partial charge in [0, 0.05) is 29.1 Å². The van der Waals surface area contributed by atoms with E-state index in [2.05, 4.69) is 105 Å². The van der Waals surface area contributed by atoms with E-state index in [1.54, 1.807) is 0 Å². The molecule has 38 heavy (non-hydrogen) atoms. The largest absolute Gasteiger partial charge is 0.446 e. The Bertz CT molecular complexity index is 1410. The van der Waals surface area contributed by atoms with Crippen LogP contribution in [0.15, 0.2) is 84.9 Å². The van der Waals surface area contributed by atoms with Crippen molar-refractivity contribution in [1.29, 1.82) is 0 Å². The van der Waals surface area contributed by atoms with Crippen molar-refractivity contribution < 1.29 is 9.53 Å². The molecular formula is C34H38N2O2. The second-order valence-corrected chi connectivity index (χ2v) is 11.9. The van der Waals surface area contributed by atoms with Crippen molar-refractivity contribution in [3.05, 3.63) is 107 Å². The van der Waals surface area contributed by atoms with Crippen molar-refractivity contribution in [2.24, 2.45) is 11.8 Å². The summed E-state index contributed by atoms with van der Waals surface area (Å²) in [6, 6.07) is 29.4. The number of para-hydroxylation sites is 1. The Morgan fingerprint density at radius 2 is 1.61 bits per heavy atom. The first-order valence-electron chi connectivity index (χ1n) is 14.1. The zero-order valence-corrected chi connectivity index (χ0v) is 22.7.